The van der Waals surface area contributed by atoms with Gasteiger partial charge in [-0.3, -0.25) is 4.79 Å². The monoisotopic (exact) mass is 404 g/mol. The zero-order valence-corrected chi connectivity index (χ0v) is 17.3. The Labute approximate surface area is 171 Å². The van der Waals surface area contributed by atoms with Crippen LogP contribution in [0.25, 0.3) is 0 Å². The number of fused-ring (bicyclic) bond motifs is 5. The van der Waals surface area contributed by atoms with Crippen molar-refractivity contribution in [3.8, 4) is 0 Å². The number of esters is 1. The Morgan fingerprint density at radius 3 is 2.52 bits per heavy atom. The zero-order chi connectivity index (χ0) is 20.8. The van der Waals surface area contributed by atoms with E-state index in [1.807, 2.05) is 6.92 Å². The Morgan fingerprint density at radius 2 is 1.83 bits per heavy atom. The molecule has 4 saturated carbocycles. The number of cyclic esters (lactones) is 1. The molecule has 0 bridgehead atoms. The van der Waals surface area contributed by atoms with E-state index >= 15 is 0 Å². The predicted molar refractivity (Wildman–Crippen MR) is 104 cm³/mol. The van der Waals surface area contributed by atoms with Gasteiger partial charge in [0.2, 0.25) is 0 Å². The molecule has 0 aromatic rings. The second-order valence-corrected chi connectivity index (χ2v) is 10.7. The summed E-state index contributed by atoms with van der Waals surface area (Å²) in [6.07, 6.45) is 4.82. The van der Waals surface area contributed by atoms with Crippen LogP contribution in [0.4, 0.5) is 0 Å². The van der Waals surface area contributed by atoms with Crippen molar-refractivity contribution < 1.29 is 29.6 Å². The molecule has 5 rings (SSSR count). The maximum absolute atomic E-state index is 13.7. The predicted octanol–water partition coefficient (Wildman–Crippen LogP) is 1.75. The average Bonchev–Trinajstić information content (AvgIpc) is 3.22. The van der Waals surface area contributed by atoms with Crippen LogP contribution >= 0.6 is 0 Å². The summed E-state index contributed by atoms with van der Waals surface area (Å²) < 4.78 is 5.10. The summed E-state index contributed by atoms with van der Waals surface area (Å²) in [5.74, 6) is -1.10. The summed E-state index contributed by atoms with van der Waals surface area (Å²) in [5.41, 5.74) is -1.66. The molecule has 0 unspecified atom stereocenters. The smallest absolute Gasteiger partial charge is 0.331 e. The molecule has 0 aromatic carbocycles. The lowest BCUT2D eigenvalue weighted by Crippen LogP contribution is -2.70. The molecule has 4 aliphatic carbocycles. The van der Waals surface area contributed by atoms with E-state index in [4.69, 9.17) is 4.74 Å². The quantitative estimate of drug-likeness (QED) is 0.575. The summed E-state index contributed by atoms with van der Waals surface area (Å²) in [6, 6.07) is 0. The second kappa shape index (κ2) is 6.14. The molecule has 0 radical (unpaired) electrons. The molecule has 6 nitrogen and oxygen atoms in total. The van der Waals surface area contributed by atoms with E-state index in [0.29, 0.717) is 25.7 Å². The normalized spacial score (nSPS) is 54.3. The largest absolute Gasteiger partial charge is 0.458 e. The summed E-state index contributed by atoms with van der Waals surface area (Å²) in [6.45, 7) is 4.16. The molecule has 0 aromatic heterocycles. The average molecular weight is 405 g/mol. The number of ether oxygens (including phenoxy) is 1. The lowest BCUT2D eigenvalue weighted by atomic mass is 9.42. The van der Waals surface area contributed by atoms with Crippen LogP contribution in [0.3, 0.4) is 0 Å². The topological polar surface area (TPSA) is 104 Å². The fourth-order valence-corrected chi connectivity index (χ4v) is 8.17. The van der Waals surface area contributed by atoms with Crippen molar-refractivity contribution >= 4 is 11.8 Å². The molecule has 29 heavy (non-hydrogen) atoms. The highest BCUT2D eigenvalue weighted by Crippen LogP contribution is 2.68. The van der Waals surface area contributed by atoms with Crippen molar-refractivity contribution in [3.63, 3.8) is 0 Å². The van der Waals surface area contributed by atoms with Gasteiger partial charge in [0, 0.05) is 17.4 Å². The Balaban J connectivity index is 1.57. The van der Waals surface area contributed by atoms with Gasteiger partial charge in [0.15, 0.2) is 5.78 Å². The van der Waals surface area contributed by atoms with Crippen LogP contribution < -0.4 is 0 Å². The molecule has 1 aliphatic heterocycles. The fourth-order valence-electron chi connectivity index (χ4n) is 8.17. The minimum atomic E-state index is -1.26. The van der Waals surface area contributed by atoms with Gasteiger partial charge in [-0.15, -0.1) is 0 Å². The maximum Gasteiger partial charge on any atom is 0.331 e. The first-order valence-corrected chi connectivity index (χ1v) is 11.1. The Bertz CT molecular complexity index is 790. The zero-order valence-electron chi connectivity index (χ0n) is 17.3. The van der Waals surface area contributed by atoms with E-state index in [2.05, 4.69) is 6.92 Å². The standard InChI is InChI=1S/C23H32O6/c1-21-7-5-14(24)10-13(21)3-4-16-18(21)19(26)20(27)22(2)15(6-8-23(16,22)28)12-9-17(25)29-11-12/h9,13-16,18,20,24,27-28H,3-8,10-11H2,1-2H3/t13-,14+,15-,16-,18-,20-,21+,22+,23+/m1/s1. The third kappa shape index (κ3) is 2.34. The van der Waals surface area contributed by atoms with Crippen LogP contribution in [-0.4, -0.2) is 51.5 Å². The number of aliphatic hydroxyl groups excluding tert-OH is 2. The Kier molecular flexibility index (Phi) is 4.18. The lowest BCUT2D eigenvalue weighted by Gasteiger charge is -2.63. The SMILES string of the molecule is C[C@]12CC[C@H](O)C[C@H]1CC[C@@H]1[C@@H]2C(=O)[C@@H](O)[C@]2(C)[C@@H](C3=CC(=O)OC3)CC[C@]12O. The van der Waals surface area contributed by atoms with Crippen LogP contribution in [-0.2, 0) is 14.3 Å². The first-order valence-electron chi connectivity index (χ1n) is 11.1. The van der Waals surface area contributed by atoms with Crippen molar-refractivity contribution in [1.29, 1.82) is 0 Å². The van der Waals surface area contributed by atoms with Crippen molar-refractivity contribution in [2.24, 2.45) is 34.5 Å². The van der Waals surface area contributed by atoms with Gasteiger partial charge in [-0.2, -0.15) is 0 Å². The van der Waals surface area contributed by atoms with Crippen molar-refractivity contribution in [2.75, 3.05) is 6.61 Å². The lowest BCUT2D eigenvalue weighted by molar-refractivity contribution is -0.233. The molecule has 5 aliphatic rings. The minimum Gasteiger partial charge on any atom is -0.458 e. The highest BCUT2D eigenvalue weighted by molar-refractivity contribution is 5.90. The minimum absolute atomic E-state index is 0.150. The summed E-state index contributed by atoms with van der Waals surface area (Å²) in [5, 5.41) is 33.6. The van der Waals surface area contributed by atoms with Crippen molar-refractivity contribution in [1.82, 2.24) is 0 Å². The molecule has 1 heterocycles. The van der Waals surface area contributed by atoms with Crippen molar-refractivity contribution in [2.45, 2.75) is 76.6 Å². The molecule has 9 atom stereocenters. The Hall–Kier alpha value is -1.24. The number of carbonyl (C=O) groups is 2. The number of Topliss-reactive ketones (excluding diaryl/α,β-unsaturated/α-hetero) is 1. The van der Waals surface area contributed by atoms with Crippen LogP contribution in [0.5, 0.6) is 0 Å². The van der Waals surface area contributed by atoms with E-state index in [0.717, 1.165) is 24.8 Å². The van der Waals surface area contributed by atoms with Crippen LogP contribution in [0.1, 0.15) is 58.8 Å². The molecule has 3 N–H and O–H groups in total. The molecule has 0 saturated heterocycles. The van der Waals surface area contributed by atoms with E-state index in [1.165, 1.54) is 6.08 Å². The van der Waals surface area contributed by atoms with Gasteiger partial charge in [0.1, 0.15) is 12.7 Å². The number of hydrogen-bond donors (Lipinski definition) is 3. The number of carbonyl (C=O) groups excluding carboxylic acids is 2. The fraction of sp³-hybridized carbons (Fsp3) is 0.826. The molecule has 160 valence electrons. The van der Waals surface area contributed by atoms with Crippen LogP contribution in [0, 0.1) is 34.5 Å². The highest BCUT2D eigenvalue weighted by Gasteiger charge is 2.73. The molecule has 0 spiro atoms. The third-order valence-electron chi connectivity index (χ3n) is 9.80. The molecular formula is C23H32O6. The van der Waals surface area contributed by atoms with E-state index in [1.54, 1.807) is 0 Å². The van der Waals surface area contributed by atoms with E-state index in [-0.39, 0.29) is 53.6 Å². The molecule has 4 fully saturated rings. The first-order chi connectivity index (χ1) is 13.6. The van der Waals surface area contributed by atoms with Gasteiger partial charge in [-0.05, 0) is 73.7 Å². The van der Waals surface area contributed by atoms with E-state index < -0.39 is 17.1 Å². The Morgan fingerprint density at radius 1 is 1.07 bits per heavy atom. The second-order valence-electron chi connectivity index (χ2n) is 10.7. The molecule has 6 heteroatoms. The van der Waals surface area contributed by atoms with Gasteiger partial charge < -0.3 is 20.1 Å². The number of hydrogen-bond acceptors (Lipinski definition) is 6. The molecule has 0 amide bonds. The van der Waals surface area contributed by atoms with Crippen LogP contribution in [0.15, 0.2) is 11.6 Å². The van der Waals surface area contributed by atoms with Gasteiger partial charge in [-0.25, -0.2) is 4.79 Å². The number of ketones is 1. The van der Waals surface area contributed by atoms with E-state index in [9.17, 15) is 24.9 Å². The van der Waals surface area contributed by atoms with Gasteiger partial charge >= 0.3 is 5.97 Å². The summed E-state index contributed by atoms with van der Waals surface area (Å²) >= 11 is 0. The number of aliphatic hydroxyl groups is 3. The number of rotatable bonds is 1. The van der Waals surface area contributed by atoms with Gasteiger partial charge in [0.05, 0.1) is 11.7 Å². The van der Waals surface area contributed by atoms with Crippen molar-refractivity contribution in [3.05, 3.63) is 11.6 Å². The first kappa shape index (κ1) is 19.7. The maximum atomic E-state index is 13.7. The van der Waals surface area contributed by atoms with Crippen LogP contribution in [0.2, 0.25) is 0 Å². The highest BCUT2D eigenvalue weighted by atomic mass is 16.5. The summed E-state index contributed by atoms with van der Waals surface area (Å²) in [7, 11) is 0. The molecular weight excluding hydrogens is 372 g/mol. The van der Waals surface area contributed by atoms with Gasteiger partial charge in [0.25, 0.3) is 0 Å². The van der Waals surface area contributed by atoms with Gasteiger partial charge in [-0.1, -0.05) is 13.8 Å². The third-order valence-corrected chi connectivity index (χ3v) is 9.80. The summed E-state index contributed by atoms with van der Waals surface area (Å²) in [4.78, 5) is 25.3.